The van der Waals surface area contributed by atoms with E-state index in [1.807, 2.05) is 25.1 Å². The fourth-order valence-electron chi connectivity index (χ4n) is 1.17. The minimum atomic E-state index is 0.692. The molecule has 3 heteroatoms. The van der Waals surface area contributed by atoms with Crippen LogP contribution in [0.2, 0.25) is 0 Å². The van der Waals surface area contributed by atoms with Crippen LogP contribution in [0.3, 0.4) is 0 Å². The van der Waals surface area contributed by atoms with Crippen molar-refractivity contribution >= 4 is 27.5 Å². The second kappa shape index (κ2) is 5.15. The summed E-state index contributed by atoms with van der Waals surface area (Å²) in [7, 11) is 0. The first-order valence-corrected chi connectivity index (χ1v) is 5.52. The number of aliphatic imine (C=N–C) groups is 1. The normalized spacial score (nSPS) is 11.8. The number of aryl methyl sites for hydroxylation is 1. The molecule has 2 nitrogen and oxygen atoms in total. The molecule has 0 aromatic heterocycles. The Morgan fingerprint density at radius 2 is 2.21 bits per heavy atom. The van der Waals surface area contributed by atoms with Crippen LogP contribution in [0.1, 0.15) is 25.3 Å². The van der Waals surface area contributed by atoms with Gasteiger partial charge in [-0.3, -0.25) is 0 Å². The van der Waals surface area contributed by atoms with E-state index < -0.39 is 0 Å². The quantitative estimate of drug-likeness (QED) is 0.651. The minimum Gasteiger partial charge on any atom is -0.387 e. The van der Waals surface area contributed by atoms with Gasteiger partial charge in [0.1, 0.15) is 0 Å². The summed E-state index contributed by atoms with van der Waals surface area (Å²) in [6.07, 6.45) is 1.87. The van der Waals surface area contributed by atoms with Crippen LogP contribution >= 0.6 is 15.9 Å². The van der Waals surface area contributed by atoms with E-state index in [1.165, 1.54) is 5.56 Å². The number of nitrogens with two attached hydrogens (primary N) is 1. The Kier molecular flexibility index (Phi) is 4.14. The zero-order valence-corrected chi connectivity index (χ0v) is 10.1. The maximum absolute atomic E-state index is 5.75. The first-order valence-electron chi connectivity index (χ1n) is 4.72. The summed E-state index contributed by atoms with van der Waals surface area (Å²) in [4.78, 5) is 4.34. The van der Waals surface area contributed by atoms with E-state index >= 15 is 0 Å². The molecule has 0 saturated heterocycles. The van der Waals surface area contributed by atoms with E-state index in [-0.39, 0.29) is 0 Å². The van der Waals surface area contributed by atoms with Gasteiger partial charge in [0.05, 0.1) is 11.5 Å². The van der Waals surface area contributed by atoms with Crippen LogP contribution in [-0.2, 0) is 0 Å². The fraction of sp³-hybridized carbons (Fsp3) is 0.364. The van der Waals surface area contributed by atoms with Gasteiger partial charge in [-0.1, -0.05) is 13.0 Å². The zero-order valence-electron chi connectivity index (χ0n) is 8.55. The number of benzene rings is 1. The van der Waals surface area contributed by atoms with Gasteiger partial charge < -0.3 is 5.73 Å². The average molecular weight is 255 g/mol. The highest BCUT2D eigenvalue weighted by Gasteiger charge is 1.98. The highest BCUT2D eigenvalue weighted by molar-refractivity contribution is 9.10. The van der Waals surface area contributed by atoms with Crippen molar-refractivity contribution in [1.82, 2.24) is 0 Å². The van der Waals surface area contributed by atoms with Crippen LogP contribution in [0.4, 0.5) is 5.69 Å². The van der Waals surface area contributed by atoms with Crippen molar-refractivity contribution in [3.63, 3.8) is 0 Å². The number of hydrogen-bond acceptors (Lipinski definition) is 1. The van der Waals surface area contributed by atoms with Gasteiger partial charge in [-0.05, 0) is 47.0 Å². The Labute approximate surface area is 93.4 Å². The summed E-state index contributed by atoms with van der Waals surface area (Å²) < 4.78 is 0.997. The van der Waals surface area contributed by atoms with Crippen molar-refractivity contribution in [1.29, 1.82) is 0 Å². The fourth-order valence-corrected chi connectivity index (χ4v) is 1.75. The van der Waals surface area contributed by atoms with Crippen LogP contribution in [-0.4, -0.2) is 5.84 Å². The number of nitrogens with zero attached hydrogens (tertiary/aromatic N) is 1. The molecule has 1 aromatic carbocycles. The molecular formula is C11H15BrN2. The van der Waals surface area contributed by atoms with Gasteiger partial charge in [-0.15, -0.1) is 0 Å². The molecule has 14 heavy (non-hydrogen) atoms. The number of hydrogen-bond donors (Lipinski definition) is 1. The van der Waals surface area contributed by atoms with E-state index in [9.17, 15) is 0 Å². The Bertz CT molecular complexity index is 345. The molecule has 0 fully saturated rings. The van der Waals surface area contributed by atoms with E-state index in [2.05, 4.69) is 27.8 Å². The van der Waals surface area contributed by atoms with Crippen LogP contribution in [0.15, 0.2) is 27.7 Å². The standard InChI is InChI=1S/C11H15BrN2/c1-3-4-11(13)14-10-6-5-8(2)7-9(10)12/h5-7H,3-4H2,1-2H3,(H2,13,14). The van der Waals surface area contributed by atoms with Gasteiger partial charge in [-0.25, -0.2) is 4.99 Å². The lowest BCUT2D eigenvalue weighted by Gasteiger charge is -2.02. The van der Waals surface area contributed by atoms with Crippen molar-refractivity contribution in [2.45, 2.75) is 26.7 Å². The van der Waals surface area contributed by atoms with Gasteiger partial charge >= 0.3 is 0 Å². The summed E-state index contributed by atoms with van der Waals surface area (Å²) in [6, 6.07) is 6.04. The molecule has 0 unspecified atom stereocenters. The third-order valence-electron chi connectivity index (χ3n) is 1.87. The molecule has 2 N–H and O–H groups in total. The molecule has 76 valence electrons. The van der Waals surface area contributed by atoms with Crippen LogP contribution in [0.25, 0.3) is 0 Å². The first-order chi connectivity index (χ1) is 6.63. The van der Waals surface area contributed by atoms with Gasteiger partial charge in [-0.2, -0.15) is 0 Å². The predicted molar refractivity (Wildman–Crippen MR) is 65.1 cm³/mol. The predicted octanol–water partition coefficient (Wildman–Crippen LogP) is 3.55. The van der Waals surface area contributed by atoms with Gasteiger partial charge in [0.2, 0.25) is 0 Å². The third kappa shape index (κ3) is 3.14. The number of halogens is 1. The van der Waals surface area contributed by atoms with E-state index in [0.717, 1.165) is 23.0 Å². The second-order valence-corrected chi connectivity index (χ2v) is 4.16. The lowest BCUT2D eigenvalue weighted by Crippen LogP contribution is -2.09. The molecule has 0 aliphatic heterocycles. The SMILES string of the molecule is CCCC(N)=Nc1ccc(C)cc1Br. The largest absolute Gasteiger partial charge is 0.387 e. The number of rotatable bonds is 3. The summed E-state index contributed by atoms with van der Waals surface area (Å²) in [5.41, 5.74) is 7.87. The van der Waals surface area contributed by atoms with Crippen molar-refractivity contribution in [3.05, 3.63) is 28.2 Å². The summed E-state index contributed by atoms with van der Waals surface area (Å²) in [5.74, 6) is 0.692. The molecule has 0 atom stereocenters. The molecule has 0 bridgehead atoms. The molecule has 0 saturated carbocycles. The van der Waals surface area contributed by atoms with E-state index in [4.69, 9.17) is 5.73 Å². The van der Waals surface area contributed by atoms with Crippen LogP contribution in [0, 0.1) is 6.92 Å². The van der Waals surface area contributed by atoms with Crippen molar-refractivity contribution < 1.29 is 0 Å². The Balaban J connectivity index is 2.91. The molecule has 0 heterocycles. The van der Waals surface area contributed by atoms with E-state index in [1.54, 1.807) is 0 Å². The highest BCUT2D eigenvalue weighted by Crippen LogP contribution is 2.26. The Hall–Kier alpha value is -0.830. The maximum atomic E-state index is 5.75. The molecule has 1 aromatic rings. The minimum absolute atomic E-state index is 0.692. The van der Waals surface area contributed by atoms with Crippen molar-refractivity contribution in [2.24, 2.45) is 10.7 Å². The molecular weight excluding hydrogens is 240 g/mol. The van der Waals surface area contributed by atoms with Gasteiger partial charge in [0, 0.05) is 10.9 Å². The maximum Gasteiger partial charge on any atom is 0.0996 e. The van der Waals surface area contributed by atoms with Gasteiger partial charge in [0.25, 0.3) is 0 Å². The third-order valence-corrected chi connectivity index (χ3v) is 2.51. The van der Waals surface area contributed by atoms with E-state index in [0.29, 0.717) is 5.84 Å². The first kappa shape index (κ1) is 11.2. The van der Waals surface area contributed by atoms with Crippen LogP contribution in [0.5, 0.6) is 0 Å². The van der Waals surface area contributed by atoms with Crippen LogP contribution < -0.4 is 5.73 Å². The van der Waals surface area contributed by atoms with Gasteiger partial charge in [0.15, 0.2) is 0 Å². The summed E-state index contributed by atoms with van der Waals surface area (Å²) in [5, 5.41) is 0. The molecule has 0 amide bonds. The Morgan fingerprint density at radius 3 is 2.79 bits per heavy atom. The molecule has 0 aliphatic carbocycles. The monoisotopic (exact) mass is 254 g/mol. The van der Waals surface area contributed by atoms with Crippen molar-refractivity contribution in [2.75, 3.05) is 0 Å². The molecule has 0 spiro atoms. The summed E-state index contributed by atoms with van der Waals surface area (Å²) >= 11 is 3.46. The Morgan fingerprint density at radius 1 is 1.50 bits per heavy atom. The number of amidine groups is 1. The molecule has 0 aliphatic rings. The highest BCUT2D eigenvalue weighted by atomic mass is 79.9. The second-order valence-electron chi connectivity index (χ2n) is 3.31. The zero-order chi connectivity index (χ0) is 10.6. The lowest BCUT2D eigenvalue weighted by molar-refractivity contribution is 0.983. The van der Waals surface area contributed by atoms with Crippen molar-refractivity contribution in [3.8, 4) is 0 Å². The molecule has 1 rings (SSSR count). The summed E-state index contributed by atoms with van der Waals surface area (Å²) in [6.45, 7) is 4.14. The topological polar surface area (TPSA) is 38.4 Å². The smallest absolute Gasteiger partial charge is 0.0996 e. The molecule has 0 radical (unpaired) electrons. The lowest BCUT2D eigenvalue weighted by atomic mass is 10.2. The average Bonchev–Trinajstić information content (AvgIpc) is 2.10.